The number of carboxylic acids is 5. The first-order chi connectivity index (χ1) is 19.6. The third kappa shape index (κ3) is 23.0. The lowest BCUT2D eigenvalue weighted by atomic mass is 10.1. The third-order valence-electron chi connectivity index (χ3n) is 5.46. The van der Waals surface area contributed by atoms with Crippen LogP contribution >= 0.6 is 0 Å². The summed E-state index contributed by atoms with van der Waals surface area (Å²) in [4.78, 5) is 50.1. The van der Waals surface area contributed by atoms with Gasteiger partial charge in [0.15, 0.2) is 0 Å². The number of hydrogen-bond donors (Lipinski definition) is 10. The molecule has 4 atom stereocenters. The molecule has 42 heavy (non-hydrogen) atoms. The number of nitrogens with one attached hydrogen (secondary N) is 3. The Morgan fingerprint density at radius 3 is 1.48 bits per heavy atom. The Labute approximate surface area is 245 Å². The molecular formula is C27H47N5O10. The lowest BCUT2D eigenvalue weighted by Gasteiger charge is -2.09. The summed E-state index contributed by atoms with van der Waals surface area (Å²) >= 11 is 0. The Balaban J connectivity index is 0. The van der Waals surface area contributed by atoms with Gasteiger partial charge in [0.25, 0.3) is 0 Å². The van der Waals surface area contributed by atoms with Crippen molar-refractivity contribution >= 4 is 35.5 Å². The SMILES string of the molecule is CC(C)C[C@H](N)C(=O)O.C[C@H](Nc1ccccc1)C(=O)O.NCC(=O)O.O=C(O)[C@@H]1CCCN1.O=C(O)[C@@H]1CCCN1. The second kappa shape index (κ2) is 23.9. The number of benzene rings is 1. The summed E-state index contributed by atoms with van der Waals surface area (Å²) in [5, 5.41) is 49.7. The number of hydrogen-bond acceptors (Lipinski definition) is 10. The van der Waals surface area contributed by atoms with Crippen LogP contribution in [0.1, 0.15) is 52.9 Å². The zero-order valence-corrected chi connectivity index (χ0v) is 24.4. The van der Waals surface area contributed by atoms with Gasteiger partial charge in [0, 0.05) is 5.69 Å². The summed E-state index contributed by atoms with van der Waals surface area (Å²) in [5.41, 5.74) is 10.6. The highest BCUT2D eigenvalue weighted by Gasteiger charge is 2.20. The first kappa shape index (κ1) is 40.3. The van der Waals surface area contributed by atoms with Crippen LogP contribution in [0, 0.1) is 5.92 Å². The molecule has 0 bridgehead atoms. The van der Waals surface area contributed by atoms with Gasteiger partial charge in [-0.15, -0.1) is 0 Å². The standard InChI is InChI=1S/C9H11NO2.C6H13NO2.2C5H9NO2.C2H5NO2/c1-7(9(11)12)10-8-5-3-2-4-6-8;1-4(2)3-5(7)6(8)9;2*7-5(8)4-2-1-3-6-4;3-1-2(4)5/h2-7,10H,1H3,(H,11,12);4-5H,3,7H2,1-2H3,(H,8,9);2*4,6H,1-3H2,(H,7,8);1,3H2,(H,4,5)/t7-;5-;2*4-;/m0000./s1. The fourth-order valence-corrected chi connectivity index (χ4v) is 3.25. The van der Waals surface area contributed by atoms with Gasteiger partial charge in [-0.2, -0.15) is 0 Å². The van der Waals surface area contributed by atoms with Crippen molar-refractivity contribution in [3.8, 4) is 0 Å². The maximum Gasteiger partial charge on any atom is 0.325 e. The van der Waals surface area contributed by atoms with E-state index in [9.17, 15) is 24.0 Å². The molecule has 1 aromatic carbocycles. The molecule has 2 aliphatic heterocycles. The van der Waals surface area contributed by atoms with Crippen molar-refractivity contribution in [1.29, 1.82) is 0 Å². The highest BCUT2D eigenvalue weighted by molar-refractivity contribution is 5.76. The van der Waals surface area contributed by atoms with E-state index in [2.05, 4.69) is 21.7 Å². The van der Waals surface area contributed by atoms with E-state index in [1.54, 1.807) is 6.92 Å². The lowest BCUT2D eigenvalue weighted by Crippen LogP contribution is -2.31. The van der Waals surface area contributed by atoms with Gasteiger partial charge in [0.1, 0.15) is 24.2 Å². The number of carboxylic acid groups (broad SMARTS) is 5. The number of anilines is 1. The van der Waals surface area contributed by atoms with Gasteiger partial charge in [0.05, 0.1) is 6.54 Å². The van der Waals surface area contributed by atoms with Crippen LogP contribution in [0.15, 0.2) is 30.3 Å². The predicted molar refractivity (Wildman–Crippen MR) is 156 cm³/mol. The molecule has 0 amide bonds. The molecule has 0 aliphatic carbocycles. The maximum atomic E-state index is 10.4. The molecule has 2 heterocycles. The topological polar surface area (TPSA) is 275 Å². The summed E-state index contributed by atoms with van der Waals surface area (Å²) in [6.07, 6.45) is 4.12. The van der Waals surface area contributed by atoms with Crippen molar-refractivity contribution in [2.45, 2.75) is 77.0 Å². The number of aliphatic carboxylic acids is 5. The fraction of sp³-hybridized carbons (Fsp3) is 0.593. The lowest BCUT2D eigenvalue weighted by molar-refractivity contribution is -0.140. The average Bonchev–Trinajstić information content (AvgIpc) is 3.65. The van der Waals surface area contributed by atoms with Crippen LogP contribution in [0.4, 0.5) is 5.69 Å². The molecule has 15 nitrogen and oxygen atoms in total. The van der Waals surface area contributed by atoms with Crippen molar-refractivity contribution in [1.82, 2.24) is 10.6 Å². The van der Waals surface area contributed by atoms with Crippen molar-refractivity contribution in [2.24, 2.45) is 17.4 Å². The average molecular weight is 602 g/mol. The molecule has 12 N–H and O–H groups in total. The van der Waals surface area contributed by atoms with E-state index in [1.807, 2.05) is 44.2 Å². The zero-order chi connectivity index (χ0) is 32.7. The molecular weight excluding hydrogens is 554 g/mol. The van der Waals surface area contributed by atoms with Crippen LogP contribution in [0.3, 0.4) is 0 Å². The number of carbonyl (C=O) groups is 5. The normalized spacial score (nSPS) is 18.0. The number of nitrogens with two attached hydrogens (primary N) is 2. The molecule has 1 aromatic rings. The Morgan fingerprint density at radius 2 is 1.26 bits per heavy atom. The van der Waals surface area contributed by atoms with Crippen molar-refractivity contribution < 1.29 is 49.5 Å². The molecule has 0 unspecified atom stereocenters. The summed E-state index contributed by atoms with van der Waals surface area (Å²) in [6.45, 7) is 6.94. The van der Waals surface area contributed by atoms with E-state index in [0.29, 0.717) is 12.3 Å². The Bertz CT molecular complexity index is 895. The number of rotatable bonds is 9. The van der Waals surface area contributed by atoms with Gasteiger partial charge in [-0.25, -0.2) is 0 Å². The monoisotopic (exact) mass is 601 g/mol. The van der Waals surface area contributed by atoms with Gasteiger partial charge in [-0.05, 0) is 70.2 Å². The molecule has 3 rings (SSSR count). The quantitative estimate of drug-likeness (QED) is 0.186. The molecule has 2 saturated heterocycles. The van der Waals surface area contributed by atoms with Crippen molar-refractivity contribution in [3.05, 3.63) is 30.3 Å². The van der Waals surface area contributed by atoms with E-state index in [0.717, 1.165) is 44.5 Å². The van der Waals surface area contributed by atoms with Gasteiger partial charge in [-0.1, -0.05) is 32.0 Å². The van der Waals surface area contributed by atoms with E-state index in [4.69, 9.17) is 31.3 Å². The van der Waals surface area contributed by atoms with Crippen LogP contribution in [-0.2, 0) is 24.0 Å². The molecule has 0 saturated carbocycles. The highest BCUT2D eigenvalue weighted by atomic mass is 16.4. The van der Waals surface area contributed by atoms with Gasteiger partial charge in [-0.3, -0.25) is 24.0 Å². The number of para-hydroxylation sites is 1. The Hall–Kier alpha value is -3.79. The highest BCUT2D eigenvalue weighted by Crippen LogP contribution is 2.07. The minimum absolute atomic E-state index is 0.269. The van der Waals surface area contributed by atoms with Crippen LogP contribution in [-0.4, -0.2) is 99.2 Å². The molecule has 0 spiro atoms. The van der Waals surface area contributed by atoms with E-state index in [1.165, 1.54) is 0 Å². The van der Waals surface area contributed by atoms with E-state index < -0.39 is 41.9 Å². The van der Waals surface area contributed by atoms with Crippen molar-refractivity contribution in [2.75, 3.05) is 25.0 Å². The van der Waals surface area contributed by atoms with Crippen LogP contribution in [0.2, 0.25) is 0 Å². The van der Waals surface area contributed by atoms with Gasteiger partial charge >= 0.3 is 29.8 Å². The second-order valence-corrected chi connectivity index (χ2v) is 9.72. The first-order valence-electron chi connectivity index (χ1n) is 13.5. The Morgan fingerprint density at radius 1 is 0.833 bits per heavy atom. The largest absolute Gasteiger partial charge is 0.480 e. The maximum absolute atomic E-state index is 10.4. The molecule has 240 valence electrons. The summed E-state index contributed by atoms with van der Waals surface area (Å²) < 4.78 is 0. The first-order valence-corrected chi connectivity index (χ1v) is 13.5. The van der Waals surface area contributed by atoms with E-state index in [-0.39, 0.29) is 18.6 Å². The molecule has 0 aromatic heterocycles. The molecule has 2 fully saturated rings. The van der Waals surface area contributed by atoms with Crippen LogP contribution in [0.5, 0.6) is 0 Å². The van der Waals surface area contributed by atoms with Gasteiger partial charge < -0.3 is 53.0 Å². The minimum atomic E-state index is -0.968. The zero-order valence-electron chi connectivity index (χ0n) is 24.4. The molecule has 15 heteroatoms. The predicted octanol–water partition coefficient (Wildman–Crippen LogP) is 0.692. The van der Waals surface area contributed by atoms with Gasteiger partial charge in [0.2, 0.25) is 0 Å². The minimum Gasteiger partial charge on any atom is -0.480 e. The fourth-order valence-electron chi connectivity index (χ4n) is 3.25. The summed E-state index contributed by atoms with van der Waals surface area (Å²) in [5.74, 6) is -3.81. The van der Waals surface area contributed by atoms with Crippen LogP contribution < -0.4 is 27.4 Å². The molecule has 2 aliphatic rings. The Kier molecular flexibility index (Phi) is 22.9. The smallest absolute Gasteiger partial charge is 0.325 e. The van der Waals surface area contributed by atoms with Crippen molar-refractivity contribution in [3.63, 3.8) is 0 Å². The molecule has 0 radical (unpaired) electrons. The van der Waals surface area contributed by atoms with Crippen LogP contribution in [0.25, 0.3) is 0 Å². The third-order valence-corrected chi connectivity index (χ3v) is 5.46. The summed E-state index contributed by atoms with van der Waals surface area (Å²) in [7, 11) is 0. The van der Waals surface area contributed by atoms with E-state index >= 15 is 0 Å². The second-order valence-electron chi connectivity index (χ2n) is 9.72. The summed E-state index contributed by atoms with van der Waals surface area (Å²) in [6, 6.07) is 7.49.